The van der Waals surface area contributed by atoms with Gasteiger partial charge in [0.1, 0.15) is 17.5 Å². The van der Waals surface area contributed by atoms with Crippen molar-refractivity contribution in [2.75, 3.05) is 6.54 Å². The summed E-state index contributed by atoms with van der Waals surface area (Å²) < 4.78 is 2.04. The van der Waals surface area contributed by atoms with Gasteiger partial charge in [0.25, 0.3) is 0 Å². The Morgan fingerprint density at radius 3 is 2.96 bits per heavy atom. The number of aromatic nitrogens is 6. The number of fused-ring (bicyclic) bond motifs is 1. The van der Waals surface area contributed by atoms with Crippen molar-refractivity contribution in [3.05, 3.63) is 35.8 Å². The molecular formula is C17H23N7. The lowest BCUT2D eigenvalue weighted by molar-refractivity contribution is 0.118. The zero-order chi connectivity index (χ0) is 16.5. The molecule has 3 aromatic rings. The number of likely N-dealkylation sites (tertiary alicyclic amines) is 1. The Kier molecular flexibility index (Phi) is 4.02. The molecule has 0 saturated carbocycles. The number of nitrogens with one attached hydrogen (secondary N) is 1. The number of nitrogens with zero attached hydrogens (tertiary/aromatic N) is 6. The van der Waals surface area contributed by atoms with Crippen LogP contribution in [0.4, 0.5) is 0 Å². The maximum Gasteiger partial charge on any atom is 0.177 e. The molecule has 4 rings (SSSR count). The number of aryl methyl sites for hydroxylation is 2. The van der Waals surface area contributed by atoms with E-state index in [2.05, 4.69) is 29.9 Å². The minimum atomic E-state index is 0.472. The van der Waals surface area contributed by atoms with E-state index in [0.29, 0.717) is 6.04 Å². The average molecular weight is 325 g/mol. The molecule has 1 aliphatic rings. The van der Waals surface area contributed by atoms with E-state index < -0.39 is 0 Å². The van der Waals surface area contributed by atoms with Crippen LogP contribution in [0.1, 0.15) is 36.7 Å². The predicted molar refractivity (Wildman–Crippen MR) is 91.4 cm³/mol. The van der Waals surface area contributed by atoms with Gasteiger partial charge in [0, 0.05) is 12.2 Å². The molecule has 1 saturated heterocycles. The average Bonchev–Trinajstić information content (AvgIpc) is 3.11. The number of imidazole rings is 1. The Balaban J connectivity index is 1.52. The third-order valence-corrected chi connectivity index (χ3v) is 4.75. The van der Waals surface area contributed by atoms with Crippen LogP contribution in [-0.2, 0) is 13.1 Å². The second kappa shape index (κ2) is 6.32. The van der Waals surface area contributed by atoms with E-state index >= 15 is 0 Å². The number of H-pyrrole nitrogens is 1. The third-order valence-electron chi connectivity index (χ3n) is 4.75. The third kappa shape index (κ3) is 3.03. The summed E-state index contributed by atoms with van der Waals surface area (Å²) in [5.74, 6) is 2.83. The molecule has 1 aliphatic heterocycles. The zero-order valence-electron chi connectivity index (χ0n) is 14.2. The first kappa shape index (κ1) is 15.3. The monoisotopic (exact) mass is 325 g/mol. The molecule has 126 valence electrons. The van der Waals surface area contributed by atoms with E-state index in [-0.39, 0.29) is 0 Å². The molecule has 1 fully saturated rings. The van der Waals surface area contributed by atoms with Crippen LogP contribution >= 0.6 is 0 Å². The summed E-state index contributed by atoms with van der Waals surface area (Å²) >= 11 is 0. The molecule has 7 heteroatoms. The quantitative estimate of drug-likeness (QED) is 0.796. The van der Waals surface area contributed by atoms with Gasteiger partial charge >= 0.3 is 0 Å². The van der Waals surface area contributed by atoms with Gasteiger partial charge in [-0.15, -0.1) is 0 Å². The molecular weight excluding hydrogens is 302 g/mol. The smallest absolute Gasteiger partial charge is 0.177 e. The van der Waals surface area contributed by atoms with Crippen LogP contribution in [0.3, 0.4) is 0 Å². The van der Waals surface area contributed by atoms with Crippen LogP contribution < -0.4 is 0 Å². The number of hydrogen-bond donors (Lipinski definition) is 1. The summed E-state index contributed by atoms with van der Waals surface area (Å²) in [6, 6.07) is 4.43. The number of hydrogen-bond acceptors (Lipinski definition) is 5. The molecule has 0 amide bonds. The predicted octanol–water partition coefficient (Wildman–Crippen LogP) is 2.22. The minimum Gasteiger partial charge on any atom is -0.340 e. The Bertz CT molecular complexity index is 801. The summed E-state index contributed by atoms with van der Waals surface area (Å²) in [5, 5.41) is 4.53. The van der Waals surface area contributed by atoms with E-state index in [1.54, 1.807) is 6.20 Å². The summed E-state index contributed by atoms with van der Waals surface area (Å²) in [5.41, 5.74) is 1.80. The largest absolute Gasteiger partial charge is 0.340 e. The second-order valence-corrected chi connectivity index (χ2v) is 6.57. The normalized spacial score (nSPS) is 19.2. The van der Waals surface area contributed by atoms with Gasteiger partial charge in [0.2, 0.25) is 0 Å². The molecule has 0 aliphatic carbocycles. The minimum absolute atomic E-state index is 0.472. The van der Waals surface area contributed by atoms with Gasteiger partial charge in [-0.3, -0.25) is 4.90 Å². The molecule has 0 aromatic carbocycles. The SMILES string of the molecule is Cc1nc(C)n(C[C@@H]2CCCCN2Cc2nc3ncccc3[nH]2)n1. The van der Waals surface area contributed by atoms with Crippen molar-refractivity contribution in [2.24, 2.45) is 0 Å². The Morgan fingerprint density at radius 2 is 2.17 bits per heavy atom. The van der Waals surface area contributed by atoms with Crippen molar-refractivity contribution in [3.8, 4) is 0 Å². The molecule has 24 heavy (non-hydrogen) atoms. The lowest BCUT2D eigenvalue weighted by Gasteiger charge is -2.35. The molecule has 0 radical (unpaired) electrons. The van der Waals surface area contributed by atoms with Crippen LogP contribution in [0.5, 0.6) is 0 Å². The van der Waals surface area contributed by atoms with Gasteiger partial charge in [-0.2, -0.15) is 5.10 Å². The van der Waals surface area contributed by atoms with E-state index in [0.717, 1.165) is 48.3 Å². The summed E-state index contributed by atoms with van der Waals surface area (Å²) in [7, 11) is 0. The van der Waals surface area contributed by atoms with Gasteiger partial charge < -0.3 is 4.98 Å². The Labute approximate surface area is 141 Å². The highest BCUT2D eigenvalue weighted by molar-refractivity contribution is 5.69. The lowest BCUT2D eigenvalue weighted by Crippen LogP contribution is -2.42. The fourth-order valence-corrected chi connectivity index (χ4v) is 3.57. The standard InChI is InChI=1S/C17H23N7/c1-12-19-13(2)24(22-12)10-14-6-3-4-9-23(14)11-16-20-15-7-5-8-18-17(15)21-16/h5,7-8,14H,3-4,6,9-11H2,1-2H3,(H,18,20,21)/t14-/m0/s1. The zero-order valence-corrected chi connectivity index (χ0v) is 14.2. The molecule has 1 atom stereocenters. The van der Waals surface area contributed by atoms with E-state index in [9.17, 15) is 0 Å². The van der Waals surface area contributed by atoms with Gasteiger partial charge in [-0.25, -0.2) is 19.6 Å². The van der Waals surface area contributed by atoms with Crippen LogP contribution in [0.15, 0.2) is 18.3 Å². The first-order valence-electron chi connectivity index (χ1n) is 8.61. The topological polar surface area (TPSA) is 75.5 Å². The molecule has 4 heterocycles. The van der Waals surface area contributed by atoms with Crippen molar-refractivity contribution >= 4 is 11.2 Å². The lowest BCUT2D eigenvalue weighted by atomic mass is 10.0. The van der Waals surface area contributed by atoms with Crippen LogP contribution in [0.2, 0.25) is 0 Å². The fraction of sp³-hybridized carbons (Fsp3) is 0.529. The second-order valence-electron chi connectivity index (χ2n) is 6.57. The summed E-state index contributed by atoms with van der Waals surface area (Å²) in [6.45, 7) is 6.79. The van der Waals surface area contributed by atoms with Gasteiger partial charge in [-0.05, 0) is 45.4 Å². The Morgan fingerprint density at radius 1 is 1.25 bits per heavy atom. The number of aromatic amines is 1. The van der Waals surface area contributed by atoms with Crippen LogP contribution in [0, 0.1) is 13.8 Å². The van der Waals surface area contributed by atoms with Crippen molar-refractivity contribution < 1.29 is 0 Å². The fourth-order valence-electron chi connectivity index (χ4n) is 3.57. The molecule has 3 aromatic heterocycles. The van der Waals surface area contributed by atoms with Gasteiger partial charge in [0.05, 0.1) is 18.6 Å². The van der Waals surface area contributed by atoms with E-state index in [4.69, 9.17) is 0 Å². The van der Waals surface area contributed by atoms with Crippen LogP contribution in [0.25, 0.3) is 11.2 Å². The molecule has 0 spiro atoms. The van der Waals surface area contributed by atoms with Crippen LogP contribution in [-0.4, -0.2) is 47.2 Å². The van der Waals surface area contributed by atoms with Gasteiger partial charge in [0.15, 0.2) is 5.65 Å². The van der Waals surface area contributed by atoms with Gasteiger partial charge in [-0.1, -0.05) is 6.42 Å². The highest BCUT2D eigenvalue weighted by Crippen LogP contribution is 2.21. The number of pyridine rings is 1. The van der Waals surface area contributed by atoms with E-state index in [1.165, 1.54) is 19.3 Å². The summed E-state index contributed by atoms with van der Waals surface area (Å²) in [4.78, 5) is 19.3. The Hall–Kier alpha value is -2.28. The van der Waals surface area contributed by atoms with Crippen molar-refractivity contribution in [3.63, 3.8) is 0 Å². The maximum atomic E-state index is 4.63. The van der Waals surface area contributed by atoms with Crippen molar-refractivity contribution in [2.45, 2.75) is 52.2 Å². The van der Waals surface area contributed by atoms with E-state index in [1.807, 2.05) is 30.7 Å². The molecule has 7 nitrogen and oxygen atoms in total. The molecule has 0 bridgehead atoms. The highest BCUT2D eigenvalue weighted by Gasteiger charge is 2.24. The van der Waals surface area contributed by atoms with Crippen molar-refractivity contribution in [1.29, 1.82) is 0 Å². The maximum absolute atomic E-state index is 4.63. The first-order chi connectivity index (χ1) is 11.7. The molecule has 0 unspecified atom stereocenters. The molecule has 1 N–H and O–H groups in total. The first-order valence-corrected chi connectivity index (χ1v) is 8.61. The highest BCUT2D eigenvalue weighted by atomic mass is 15.4. The number of rotatable bonds is 4. The number of piperidine rings is 1. The van der Waals surface area contributed by atoms with Crippen molar-refractivity contribution in [1.82, 2.24) is 34.6 Å². The summed E-state index contributed by atoms with van der Waals surface area (Å²) in [6.07, 6.45) is 5.49.